The van der Waals surface area contributed by atoms with Gasteiger partial charge in [0, 0.05) is 7.11 Å². The number of hydrogen-bond donors (Lipinski definition) is 1. The van der Waals surface area contributed by atoms with Crippen LogP contribution in [0.15, 0.2) is 12.1 Å². The van der Waals surface area contributed by atoms with Gasteiger partial charge in [0.2, 0.25) is 0 Å². The first-order valence-corrected chi connectivity index (χ1v) is 4.53. The molecule has 0 heterocycles. The van der Waals surface area contributed by atoms with Gasteiger partial charge in [-0.1, -0.05) is 6.07 Å². The predicted molar refractivity (Wildman–Crippen MR) is 55.4 cm³/mol. The number of hydrogen-bond acceptors (Lipinski definition) is 4. The van der Waals surface area contributed by atoms with E-state index in [1.54, 1.807) is 19.1 Å². The van der Waals surface area contributed by atoms with Gasteiger partial charge in [-0.15, -0.1) is 0 Å². The second kappa shape index (κ2) is 4.79. The second-order valence-corrected chi connectivity index (χ2v) is 3.21. The maximum Gasteiger partial charge on any atom is 0.188 e. The summed E-state index contributed by atoms with van der Waals surface area (Å²) >= 11 is 0. The molecule has 0 aliphatic carbocycles. The van der Waals surface area contributed by atoms with E-state index in [0.29, 0.717) is 5.75 Å². The van der Waals surface area contributed by atoms with Gasteiger partial charge in [-0.05, 0) is 25.5 Å². The van der Waals surface area contributed by atoms with Gasteiger partial charge in [-0.2, -0.15) is 0 Å². The first kappa shape index (κ1) is 11.5. The summed E-state index contributed by atoms with van der Waals surface area (Å²) in [4.78, 5) is 11.2. The lowest BCUT2D eigenvalue weighted by Gasteiger charge is -2.11. The highest BCUT2D eigenvalue weighted by atomic mass is 16.7. The van der Waals surface area contributed by atoms with Gasteiger partial charge >= 0.3 is 0 Å². The van der Waals surface area contributed by atoms with Crippen LogP contribution in [0.3, 0.4) is 0 Å². The summed E-state index contributed by atoms with van der Waals surface area (Å²) in [7, 11) is 1.49. The van der Waals surface area contributed by atoms with Crippen LogP contribution in [0.25, 0.3) is 0 Å². The van der Waals surface area contributed by atoms with Crippen molar-refractivity contribution in [1.29, 1.82) is 0 Å². The third-order valence-corrected chi connectivity index (χ3v) is 2.03. The highest BCUT2D eigenvalue weighted by Gasteiger charge is 2.14. The fourth-order valence-corrected chi connectivity index (χ4v) is 1.26. The molecule has 82 valence electrons. The van der Waals surface area contributed by atoms with Gasteiger partial charge in [0.15, 0.2) is 24.1 Å². The Labute approximate surface area is 88.4 Å². The Morgan fingerprint density at radius 1 is 1.47 bits per heavy atom. The number of carbonyl (C=O) groups excluding carboxylic acids is 1. The number of ketones is 1. The van der Waals surface area contributed by atoms with E-state index in [-0.39, 0.29) is 23.9 Å². The van der Waals surface area contributed by atoms with Crippen LogP contribution in [-0.4, -0.2) is 24.8 Å². The van der Waals surface area contributed by atoms with Crippen molar-refractivity contribution in [3.8, 4) is 11.5 Å². The molecule has 1 aromatic rings. The fraction of sp³-hybridized carbons (Fsp3) is 0.364. The maximum atomic E-state index is 11.2. The van der Waals surface area contributed by atoms with Crippen LogP contribution in [0.4, 0.5) is 0 Å². The van der Waals surface area contributed by atoms with Crippen molar-refractivity contribution >= 4 is 5.78 Å². The zero-order valence-corrected chi connectivity index (χ0v) is 9.03. The molecule has 0 unspecified atom stereocenters. The van der Waals surface area contributed by atoms with Gasteiger partial charge in [0.05, 0.1) is 5.56 Å². The van der Waals surface area contributed by atoms with Crippen LogP contribution in [0.1, 0.15) is 22.8 Å². The Bertz CT molecular complexity index is 371. The largest absolute Gasteiger partial charge is 0.504 e. The Balaban J connectivity index is 3.12. The summed E-state index contributed by atoms with van der Waals surface area (Å²) in [6, 6.07) is 3.30. The molecule has 4 heteroatoms. The molecule has 0 aliphatic heterocycles. The van der Waals surface area contributed by atoms with Gasteiger partial charge in [-0.3, -0.25) is 4.79 Å². The summed E-state index contributed by atoms with van der Waals surface area (Å²) in [5.41, 5.74) is 1.02. The minimum Gasteiger partial charge on any atom is -0.504 e. The number of methoxy groups -OCH3 is 1. The molecule has 4 nitrogen and oxygen atoms in total. The van der Waals surface area contributed by atoms with Crippen LogP contribution in [0.2, 0.25) is 0 Å². The third-order valence-electron chi connectivity index (χ3n) is 2.03. The Morgan fingerprint density at radius 3 is 2.67 bits per heavy atom. The number of phenolic OH excluding ortho intramolecular Hbond substituents is 1. The monoisotopic (exact) mass is 210 g/mol. The lowest BCUT2D eigenvalue weighted by Crippen LogP contribution is -2.03. The number of benzene rings is 1. The topological polar surface area (TPSA) is 55.8 Å². The summed E-state index contributed by atoms with van der Waals surface area (Å²) in [5.74, 6) is -0.0288. The van der Waals surface area contributed by atoms with Crippen molar-refractivity contribution in [2.45, 2.75) is 13.8 Å². The zero-order chi connectivity index (χ0) is 11.4. The van der Waals surface area contributed by atoms with E-state index in [9.17, 15) is 9.90 Å². The van der Waals surface area contributed by atoms with Crippen molar-refractivity contribution < 1.29 is 19.4 Å². The lowest BCUT2D eigenvalue weighted by atomic mass is 10.1. The predicted octanol–water partition coefficient (Wildman–Crippen LogP) is 1.89. The first-order chi connectivity index (χ1) is 7.07. The van der Waals surface area contributed by atoms with Gasteiger partial charge in [0.1, 0.15) is 0 Å². The lowest BCUT2D eigenvalue weighted by molar-refractivity contribution is 0.0485. The van der Waals surface area contributed by atoms with Crippen LogP contribution >= 0.6 is 0 Å². The molecular weight excluding hydrogens is 196 g/mol. The Kier molecular flexibility index (Phi) is 3.68. The summed E-state index contributed by atoms with van der Waals surface area (Å²) < 4.78 is 9.92. The van der Waals surface area contributed by atoms with Crippen molar-refractivity contribution in [2.75, 3.05) is 13.9 Å². The Morgan fingerprint density at radius 2 is 2.13 bits per heavy atom. The van der Waals surface area contributed by atoms with Crippen molar-refractivity contribution in [1.82, 2.24) is 0 Å². The standard InChI is InChI=1S/C11H14O4/c1-7-4-5-9(8(2)12)10(13)11(7)15-6-14-3/h4-5,13H,6H2,1-3H3. The van der Waals surface area contributed by atoms with Crippen LogP contribution in [0, 0.1) is 6.92 Å². The molecule has 1 N–H and O–H groups in total. The number of Topliss-reactive ketones (excluding diaryl/α,β-unsaturated/α-hetero) is 1. The molecule has 0 saturated carbocycles. The molecule has 1 rings (SSSR count). The number of carbonyl (C=O) groups is 1. The average molecular weight is 210 g/mol. The number of phenols is 1. The van der Waals surface area contributed by atoms with E-state index in [2.05, 4.69) is 0 Å². The van der Waals surface area contributed by atoms with E-state index >= 15 is 0 Å². The molecule has 15 heavy (non-hydrogen) atoms. The maximum absolute atomic E-state index is 11.2. The smallest absolute Gasteiger partial charge is 0.188 e. The summed E-state index contributed by atoms with van der Waals surface area (Å²) in [6.07, 6.45) is 0. The van der Waals surface area contributed by atoms with Crippen molar-refractivity contribution in [2.24, 2.45) is 0 Å². The van der Waals surface area contributed by atoms with Crippen LogP contribution in [0.5, 0.6) is 11.5 Å². The highest BCUT2D eigenvalue weighted by Crippen LogP contribution is 2.33. The number of aryl methyl sites for hydroxylation is 1. The van der Waals surface area contributed by atoms with Crippen molar-refractivity contribution in [3.05, 3.63) is 23.3 Å². The van der Waals surface area contributed by atoms with E-state index in [0.717, 1.165) is 5.56 Å². The van der Waals surface area contributed by atoms with Crippen LogP contribution in [-0.2, 0) is 4.74 Å². The molecule has 0 atom stereocenters. The number of ether oxygens (including phenoxy) is 2. The van der Waals surface area contributed by atoms with E-state index in [1.807, 2.05) is 0 Å². The van der Waals surface area contributed by atoms with Gasteiger partial charge in [0.25, 0.3) is 0 Å². The van der Waals surface area contributed by atoms with Crippen molar-refractivity contribution in [3.63, 3.8) is 0 Å². The van der Waals surface area contributed by atoms with Gasteiger partial charge < -0.3 is 14.6 Å². The molecule has 0 amide bonds. The van der Waals surface area contributed by atoms with Crippen LogP contribution < -0.4 is 4.74 Å². The average Bonchev–Trinajstić information content (AvgIpc) is 2.17. The molecule has 0 aromatic heterocycles. The molecular formula is C11H14O4. The zero-order valence-electron chi connectivity index (χ0n) is 9.03. The summed E-state index contributed by atoms with van der Waals surface area (Å²) in [5, 5.41) is 9.77. The molecule has 1 aromatic carbocycles. The minimum atomic E-state index is -0.199. The fourth-order valence-electron chi connectivity index (χ4n) is 1.26. The SMILES string of the molecule is COCOc1c(C)ccc(C(C)=O)c1O. The first-order valence-electron chi connectivity index (χ1n) is 4.53. The minimum absolute atomic E-state index is 0.0375. The molecule has 0 aliphatic rings. The highest BCUT2D eigenvalue weighted by molar-refractivity contribution is 5.97. The normalized spacial score (nSPS) is 10.1. The van der Waals surface area contributed by atoms with Gasteiger partial charge in [-0.25, -0.2) is 0 Å². The van der Waals surface area contributed by atoms with E-state index < -0.39 is 0 Å². The van der Waals surface area contributed by atoms with E-state index in [4.69, 9.17) is 9.47 Å². The third kappa shape index (κ3) is 2.47. The molecule has 0 saturated heterocycles. The number of aromatic hydroxyl groups is 1. The van der Waals surface area contributed by atoms with E-state index in [1.165, 1.54) is 14.0 Å². The number of rotatable bonds is 4. The summed E-state index contributed by atoms with van der Waals surface area (Å²) in [6.45, 7) is 3.22. The molecule has 0 radical (unpaired) electrons. The second-order valence-electron chi connectivity index (χ2n) is 3.21. The Hall–Kier alpha value is -1.55. The molecule has 0 bridgehead atoms. The molecule has 0 fully saturated rings. The molecule has 0 spiro atoms. The quantitative estimate of drug-likeness (QED) is 0.609.